The molecule has 100 valence electrons. The third kappa shape index (κ3) is 2.49. The van der Waals surface area contributed by atoms with Crippen LogP contribution in [0.3, 0.4) is 0 Å². The monoisotopic (exact) mass is 253 g/mol. The zero-order valence-corrected chi connectivity index (χ0v) is 10.5. The molecule has 1 saturated heterocycles. The molecule has 1 aromatic carbocycles. The maximum Gasteiger partial charge on any atom is 0.157 e. The average Bonchev–Trinajstić information content (AvgIpc) is 2.62. The molecule has 1 aliphatic rings. The molecule has 0 bridgehead atoms. The van der Waals surface area contributed by atoms with Crippen LogP contribution in [0.15, 0.2) is 18.2 Å². The standard InChI is InChI=1S/C13H19NO4/c1-7-3-4-9(5-8(7)2)14-13-12(17)11(16)10(6-15)18-13/h3-5,10-17H,6H2,1-2H3/t10-,11+,12-,13?/m1/s1. The molecule has 1 fully saturated rings. The zero-order valence-electron chi connectivity index (χ0n) is 10.5. The van der Waals surface area contributed by atoms with Crippen molar-refractivity contribution < 1.29 is 20.1 Å². The first-order valence-electron chi connectivity index (χ1n) is 5.99. The summed E-state index contributed by atoms with van der Waals surface area (Å²) in [5, 5.41) is 31.4. The fraction of sp³-hybridized carbons (Fsp3) is 0.538. The second kappa shape index (κ2) is 5.24. The first-order valence-corrected chi connectivity index (χ1v) is 5.99. The summed E-state index contributed by atoms with van der Waals surface area (Å²) in [6, 6.07) is 5.81. The Morgan fingerprint density at radius 3 is 2.44 bits per heavy atom. The molecule has 2 rings (SSSR count). The molecule has 1 heterocycles. The third-order valence-corrected chi connectivity index (χ3v) is 3.36. The number of aliphatic hydroxyl groups excluding tert-OH is 3. The van der Waals surface area contributed by atoms with Gasteiger partial charge in [0.05, 0.1) is 6.61 Å². The van der Waals surface area contributed by atoms with Gasteiger partial charge in [-0.3, -0.25) is 0 Å². The Balaban J connectivity index is 2.07. The highest BCUT2D eigenvalue weighted by molar-refractivity contribution is 5.48. The first-order chi connectivity index (χ1) is 8.52. The van der Waals surface area contributed by atoms with Gasteiger partial charge in [0, 0.05) is 5.69 Å². The lowest BCUT2D eigenvalue weighted by atomic mass is 10.1. The largest absolute Gasteiger partial charge is 0.394 e. The van der Waals surface area contributed by atoms with Gasteiger partial charge in [0.15, 0.2) is 6.23 Å². The zero-order chi connectivity index (χ0) is 13.3. The molecule has 0 aliphatic carbocycles. The van der Waals surface area contributed by atoms with E-state index in [2.05, 4.69) is 5.32 Å². The lowest BCUT2D eigenvalue weighted by Crippen LogP contribution is -2.36. The number of anilines is 1. The molecule has 18 heavy (non-hydrogen) atoms. The Labute approximate surface area is 106 Å². The number of nitrogens with one attached hydrogen (secondary N) is 1. The van der Waals surface area contributed by atoms with Crippen LogP contribution in [0, 0.1) is 13.8 Å². The summed E-state index contributed by atoms with van der Waals surface area (Å²) < 4.78 is 5.35. The fourth-order valence-corrected chi connectivity index (χ4v) is 2.01. The Bertz CT molecular complexity index is 423. The van der Waals surface area contributed by atoms with Gasteiger partial charge in [-0.1, -0.05) is 6.07 Å². The van der Waals surface area contributed by atoms with E-state index in [0.29, 0.717) is 0 Å². The summed E-state index contributed by atoms with van der Waals surface area (Å²) in [6.07, 6.45) is -3.58. The van der Waals surface area contributed by atoms with Crippen molar-refractivity contribution in [3.8, 4) is 0 Å². The molecule has 4 atom stereocenters. The minimum absolute atomic E-state index is 0.316. The molecule has 4 N–H and O–H groups in total. The highest BCUT2D eigenvalue weighted by Crippen LogP contribution is 2.23. The highest BCUT2D eigenvalue weighted by Gasteiger charge is 2.42. The topological polar surface area (TPSA) is 82.0 Å². The van der Waals surface area contributed by atoms with Gasteiger partial charge in [0.1, 0.15) is 18.3 Å². The van der Waals surface area contributed by atoms with Crippen molar-refractivity contribution in [2.75, 3.05) is 11.9 Å². The average molecular weight is 253 g/mol. The number of ether oxygens (including phenoxy) is 1. The van der Waals surface area contributed by atoms with Gasteiger partial charge in [-0.25, -0.2) is 0 Å². The molecule has 1 unspecified atom stereocenters. The molecule has 0 saturated carbocycles. The van der Waals surface area contributed by atoms with E-state index in [-0.39, 0.29) is 6.61 Å². The SMILES string of the molecule is Cc1ccc(NC2O[C@H](CO)[C@H](O)[C@H]2O)cc1C. The Morgan fingerprint density at radius 1 is 1.17 bits per heavy atom. The second-order valence-electron chi connectivity index (χ2n) is 4.70. The van der Waals surface area contributed by atoms with E-state index in [0.717, 1.165) is 11.3 Å². The van der Waals surface area contributed by atoms with Crippen molar-refractivity contribution in [1.29, 1.82) is 0 Å². The highest BCUT2D eigenvalue weighted by atomic mass is 16.6. The van der Waals surface area contributed by atoms with E-state index in [4.69, 9.17) is 9.84 Å². The van der Waals surface area contributed by atoms with Gasteiger partial charge >= 0.3 is 0 Å². The van der Waals surface area contributed by atoms with Crippen LogP contribution >= 0.6 is 0 Å². The van der Waals surface area contributed by atoms with Crippen LogP contribution in [-0.4, -0.2) is 46.5 Å². The summed E-state index contributed by atoms with van der Waals surface area (Å²) in [5.74, 6) is 0. The molecule has 5 heteroatoms. The van der Waals surface area contributed by atoms with E-state index < -0.39 is 24.5 Å². The van der Waals surface area contributed by atoms with Crippen LogP contribution in [0.2, 0.25) is 0 Å². The molecular formula is C13H19NO4. The van der Waals surface area contributed by atoms with Crippen molar-refractivity contribution in [3.05, 3.63) is 29.3 Å². The van der Waals surface area contributed by atoms with Crippen LogP contribution in [0.4, 0.5) is 5.69 Å². The summed E-state index contributed by atoms with van der Waals surface area (Å²) in [5.41, 5.74) is 3.13. The molecule has 0 amide bonds. The van der Waals surface area contributed by atoms with Crippen molar-refractivity contribution >= 4 is 5.69 Å². The lowest BCUT2D eigenvalue weighted by molar-refractivity contribution is -0.0153. The van der Waals surface area contributed by atoms with E-state index in [1.807, 2.05) is 32.0 Å². The molecule has 1 aromatic rings. The van der Waals surface area contributed by atoms with E-state index in [1.165, 1.54) is 5.56 Å². The van der Waals surface area contributed by atoms with E-state index >= 15 is 0 Å². The predicted octanol–water partition coefficient (Wildman–Crippen LogP) is 0.154. The first kappa shape index (κ1) is 13.3. The van der Waals surface area contributed by atoms with E-state index in [1.54, 1.807) is 0 Å². The number of hydrogen-bond donors (Lipinski definition) is 4. The number of benzene rings is 1. The summed E-state index contributed by atoms with van der Waals surface area (Å²) >= 11 is 0. The number of aliphatic hydroxyl groups is 3. The second-order valence-corrected chi connectivity index (χ2v) is 4.70. The Morgan fingerprint density at radius 2 is 1.89 bits per heavy atom. The maximum atomic E-state index is 9.80. The van der Waals surface area contributed by atoms with Crippen molar-refractivity contribution in [3.63, 3.8) is 0 Å². The van der Waals surface area contributed by atoms with Crippen LogP contribution < -0.4 is 5.32 Å². The smallest absolute Gasteiger partial charge is 0.157 e. The number of rotatable bonds is 3. The fourth-order valence-electron chi connectivity index (χ4n) is 2.01. The van der Waals surface area contributed by atoms with Gasteiger partial charge in [-0.05, 0) is 37.1 Å². The van der Waals surface area contributed by atoms with Crippen molar-refractivity contribution in [2.24, 2.45) is 0 Å². The van der Waals surface area contributed by atoms with Crippen LogP contribution in [0.1, 0.15) is 11.1 Å². The van der Waals surface area contributed by atoms with E-state index in [9.17, 15) is 10.2 Å². The van der Waals surface area contributed by atoms with Gasteiger partial charge in [0.25, 0.3) is 0 Å². The molecule has 5 nitrogen and oxygen atoms in total. The third-order valence-electron chi connectivity index (χ3n) is 3.36. The summed E-state index contributed by atoms with van der Waals surface area (Å²) in [4.78, 5) is 0. The van der Waals surface area contributed by atoms with Crippen molar-refractivity contribution in [1.82, 2.24) is 0 Å². The van der Waals surface area contributed by atoms with Crippen LogP contribution in [0.5, 0.6) is 0 Å². The molecule has 0 aromatic heterocycles. The summed E-state index contributed by atoms with van der Waals surface area (Å²) in [7, 11) is 0. The molecule has 1 aliphatic heterocycles. The quantitative estimate of drug-likeness (QED) is 0.616. The molecular weight excluding hydrogens is 234 g/mol. The number of aryl methyl sites for hydroxylation is 2. The van der Waals surface area contributed by atoms with Gasteiger partial charge in [-0.15, -0.1) is 0 Å². The predicted molar refractivity (Wildman–Crippen MR) is 67.3 cm³/mol. The Kier molecular flexibility index (Phi) is 3.87. The van der Waals surface area contributed by atoms with Crippen LogP contribution in [-0.2, 0) is 4.74 Å². The molecule has 0 radical (unpaired) electrons. The van der Waals surface area contributed by atoms with Crippen LogP contribution in [0.25, 0.3) is 0 Å². The normalized spacial score (nSPS) is 31.6. The number of hydrogen-bond acceptors (Lipinski definition) is 5. The van der Waals surface area contributed by atoms with Gasteiger partial charge in [-0.2, -0.15) is 0 Å². The minimum atomic E-state index is -1.07. The Hall–Kier alpha value is -1.14. The maximum absolute atomic E-state index is 9.80. The van der Waals surface area contributed by atoms with Crippen molar-refractivity contribution in [2.45, 2.75) is 38.4 Å². The minimum Gasteiger partial charge on any atom is -0.394 e. The van der Waals surface area contributed by atoms with Gasteiger partial charge in [0.2, 0.25) is 0 Å². The van der Waals surface area contributed by atoms with Gasteiger partial charge < -0.3 is 25.4 Å². The molecule has 0 spiro atoms. The summed E-state index contributed by atoms with van der Waals surface area (Å²) in [6.45, 7) is 3.70. The lowest BCUT2D eigenvalue weighted by Gasteiger charge is -2.18.